The molecule has 1 heterocycles. The number of carbonyl (C=O) groups is 3. The fraction of sp³-hybridized carbons (Fsp3) is 0.406. The first-order valence-corrected chi connectivity index (χ1v) is 14.0. The van der Waals surface area contributed by atoms with Crippen LogP contribution in [0.1, 0.15) is 64.1 Å². The maximum atomic E-state index is 14.0. The number of aldehydes is 1. The highest BCUT2D eigenvalue weighted by Gasteiger charge is 2.47. The van der Waals surface area contributed by atoms with E-state index in [1.165, 1.54) is 12.1 Å². The van der Waals surface area contributed by atoms with Gasteiger partial charge in [-0.15, -0.1) is 0 Å². The van der Waals surface area contributed by atoms with Crippen LogP contribution in [0.2, 0.25) is 5.02 Å². The van der Waals surface area contributed by atoms with Gasteiger partial charge in [0.2, 0.25) is 5.91 Å². The van der Waals surface area contributed by atoms with Gasteiger partial charge in [-0.1, -0.05) is 48.0 Å². The van der Waals surface area contributed by atoms with Gasteiger partial charge in [-0.25, -0.2) is 9.18 Å². The van der Waals surface area contributed by atoms with Crippen LogP contribution in [0.25, 0.3) is 10.8 Å². The van der Waals surface area contributed by atoms with E-state index in [1.807, 2.05) is 64.1 Å². The molecule has 1 N–H and O–H groups in total. The van der Waals surface area contributed by atoms with Crippen molar-refractivity contribution in [2.24, 2.45) is 5.92 Å². The molecule has 0 aromatic heterocycles. The minimum Gasteiger partial charge on any atom is -0.444 e. The van der Waals surface area contributed by atoms with Crippen molar-refractivity contribution in [1.82, 2.24) is 10.2 Å². The molecule has 1 aliphatic rings. The number of rotatable bonds is 7. The molecule has 6 nitrogen and oxygen atoms in total. The fourth-order valence-corrected chi connectivity index (χ4v) is 6.00. The summed E-state index contributed by atoms with van der Waals surface area (Å²) in [7, 11) is 0. The lowest BCUT2D eigenvalue weighted by atomic mass is 9.63. The van der Waals surface area contributed by atoms with Crippen LogP contribution >= 0.6 is 11.6 Å². The molecule has 1 fully saturated rings. The quantitative estimate of drug-likeness (QED) is 0.313. The number of hydrogen-bond acceptors (Lipinski definition) is 4. The predicted molar refractivity (Wildman–Crippen MR) is 155 cm³/mol. The molecule has 4 rings (SSSR count). The smallest absolute Gasteiger partial charge is 0.410 e. The van der Waals surface area contributed by atoms with Crippen LogP contribution in [-0.4, -0.2) is 41.9 Å². The second-order valence-corrected chi connectivity index (χ2v) is 12.0. The Kier molecular flexibility index (Phi) is 8.83. The maximum Gasteiger partial charge on any atom is 0.410 e. The number of likely N-dealkylation sites (tertiary alicyclic amines) is 1. The largest absolute Gasteiger partial charge is 0.444 e. The molecule has 0 aliphatic carbocycles. The third-order valence-electron chi connectivity index (χ3n) is 7.73. The molecule has 0 bridgehead atoms. The lowest BCUT2D eigenvalue weighted by Crippen LogP contribution is -2.53. The van der Waals surface area contributed by atoms with Gasteiger partial charge >= 0.3 is 6.09 Å². The summed E-state index contributed by atoms with van der Waals surface area (Å²) < 4.78 is 19.5. The highest BCUT2D eigenvalue weighted by atomic mass is 35.5. The highest BCUT2D eigenvalue weighted by molar-refractivity contribution is 6.31. The number of nitrogens with one attached hydrogen (secondary N) is 1. The average Bonchev–Trinajstić information content (AvgIpc) is 2.90. The van der Waals surface area contributed by atoms with Gasteiger partial charge < -0.3 is 19.7 Å². The van der Waals surface area contributed by atoms with E-state index in [-0.39, 0.29) is 18.1 Å². The molecule has 3 aromatic rings. The van der Waals surface area contributed by atoms with E-state index in [0.29, 0.717) is 31.0 Å². The maximum absolute atomic E-state index is 14.0. The third-order valence-corrected chi connectivity index (χ3v) is 7.94. The Hall–Kier alpha value is -3.45. The predicted octanol–water partition coefficient (Wildman–Crippen LogP) is 6.98. The van der Waals surface area contributed by atoms with Gasteiger partial charge in [-0.2, -0.15) is 0 Å². The van der Waals surface area contributed by atoms with Crippen LogP contribution in [0.5, 0.6) is 0 Å². The number of hydrogen-bond donors (Lipinski definition) is 1. The zero-order chi connectivity index (χ0) is 29.1. The Labute approximate surface area is 239 Å². The monoisotopic (exact) mass is 566 g/mol. The van der Waals surface area contributed by atoms with Gasteiger partial charge in [0, 0.05) is 29.9 Å². The molecule has 1 saturated heterocycles. The minimum absolute atomic E-state index is 0.0152. The van der Waals surface area contributed by atoms with E-state index in [2.05, 4.69) is 5.32 Å². The summed E-state index contributed by atoms with van der Waals surface area (Å²) in [5.74, 6) is -1.40. The second kappa shape index (κ2) is 12.0. The SMILES string of the molecule is C[C@H](NC(=O)C(CC=O)C1(c2ccc(F)cc2)CCN(C(=O)OC(C)(C)C)CC1)c1cc(Cl)cc2ccccc12. The van der Waals surface area contributed by atoms with E-state index < -0.39 is 29.1 Å². The summed E-state index contributed by atoms with van der Waals surface area (Å²) >= 11 is 6.40. The van der Waals surface area contributed by atoms with Gasteiger partial charge in [-0.05, 0) is 86.7 Å². The molecule has 2 amide bonds. The van der Waals surface area contributed by atoms with Crippen LogP contribution in [0, 0.1) is 11.7 Å². The first-order chi connectivity index (χ1) is 18.9. The molecule has 8 heteroatoms. The van der Waals surface area contributed by atoms with Gasteiger partial charge in [-0.3, -0.25) is 4.79 Å². The number of halogens is 2. The van der Waals surface area contributed by atoms with Gasteiger partial charge in [0.1, 0.15) is 17.7 Å². The Bertz CT molecular complexity index is 1380. The van der Waals surface area contributed by atoms with Crippen molar-refractivity contribution in [3.05, 3.63) is 82.6 Å². The number of benzene rings is 3. The van der Waals surface area contributed by atoms with E-state index in [4.69, 9.17) is 16.3 Å². The first-order valence-electron chi connectivity index (χ1n) is 13.6. The molecule has 3 aromatic carbocycles. The standard InChI is InChI=1S/C32H36ClFN2O4/c1-21(27-20-24(33)19-22-7-5-6-8-26(22)27)35-29(38)28(13-18-37)32(23-9-11-25(34)12-10-23)14-16-36(17-15-32)30(39)40-31(2,3)4/h5-12,18-21,28H,13-17H2,1-4H3,(H,35,38)/t21-,28?/m0/s1. The summed E-state index contributed by atoms with van der Waals surface area (Å²) in [6.45, 7) is 8.00. The number of amides is 2. The summed E-state index contributed by atoms with van der Waals surface area (Å²) in [5, 5.41) is 5.64. The third kappa shape index (κ3) is 6.47. The van der Waals surface area contributed by atoms with E-state index in [1.54, 1.807) is 17.0 Å². The molecular weight excluding hydrogens is 531 g/mol. The molecule has 0 spiro atoms. The molecular formula is C32H36ClFN2O4. The molecule has 1 aliphatic heterocycles. The Morgan fingerprint density at radius 1 is 1.10 bits per heavy atom. The number of piperidine rings is 1. The van der Waals surface area contributed by atoms with Crippen molar-refractivity contribution in [2.45, 2.75) is 64.0 Å². The fourth-order valence-electron chi connectivity index (χ4n) is 5.77. The Morgan fingerprint density at radius 2 is 1.75 bits per heavy atom. The number of ether oxygens (including phenoxy) is 1. The molecule has 1 unspecified atom stereocenters. The summed E-state index contributed by atoms with van der Waals surface area (Å²) in [6, 6.07) is 17.3. The van der Waals surface area contributed by atoms with Gasteiger partial charge in [0.25, 0.3) is 0 Å². The van der Waals surface area contributed by atoms with Crippen LogP contribution in [0.3, 0.4) is 0 Å². The molecule has 0 saturated carbocycles. The van der Waals surface area contributed by atoms with E-state index in [0.717, 1.165) is 28.2 Å². The second-order valence-electron chi connectivity index (χ2n) is 11.5. The van der Waals surface area contributed by atoms with Crippen LogP contribution in [-0.2, 0) is 19.7 Å². The molecule has 2 atom stereocenters. The topological polar surface area (TPSA) is 75.7 Å². The van der Waals surface area contributed by atoms with Crippen LogP contribution in [0.15, 0.2) is 60.7 Å². The van der Waals surface area contributed by atoms with Crippen LogP contribution < -0.4 is 5.32 Å². The number of fused-ring (bicyclic) bond motifs is 1. The highest BCUT2D eigenvalue weighted by Crippen LogP contribution is 2.44. The van der Waals surface area contributed by atoms with Crippen molar-refractivity contribution in [2.75, 3.05) is 13.1 Å². The average molecular weight is 567 g/mol. The first kappa shape index (κ1) is 29.5. The zero-order valence-corrected chi connectivity index (χ0v) is 24.1. The van der Waals surface area contributed by atoms with Crippen molar-refractivity contribution in [3.8, 4) is 0 Å². The van der Waals surface area contributed by atoms with Gasteiger partial charge in [0.15, 0.2) is 0 Å². The summed E-state index contributed by atoms with van der Waals surface area (Å²) in [5.41, 5.74) is 0.216. The Balaban J connectivity index is 1.65. The normalized spacial score (nSPS) is 16.7. The molecule has 0 radical (unpaired) electrons. The van der Waals surface area contributed by atoms with Crippen molar-refractivity contribution in [1.29, 1.82) is 0 Å². The summed E-state index contributed by atoms with van der Waals surface area (Å²) in [4.78, 5) is 40.4. The van der Waals surface area contributed by atoms with Crippen molar-refractivity contribution >= 4 is 40.7 Å². The van der Waals surface area contributed by atoms with Gasteiger partial charge in [0.05, 0.1) is 12.0 Å². The molecule has 212 valence electrons. The summed E-state index contributed by atoms with van der Waals surface area (Å²) in [6.07, 6.45) is 1.16. The van der Waals surface area contributed by atoms with Crippen molar-refractivity contribution < 1.29 is 23.5 Å². The van der Waals surface area contributed by atoms with E-state index in [9.17, 15) is 18.8 Å². The Morgan fingerprint density at radius 3 is 2.38 bits per heavy atom. The van der Waals surface area contributed by atoms with Crippen molar-refractivity contribution in [3.63, 3.8) is 0 Å². The minimum atomic E-state index is -0.784. The lowest BCUT2D eigenvalue weighted by molar-refractivity contribution is -0.131. The zero-order valence-electron chi connectivity index (χ0n) is 23.4. The lowest BCUT2D eigenvalue weighted by Gasteiger charge is -2.46. The number of nitrogens with zero attached hydrogens (tertiary/aromatic N) is 1. The molecule has 40 heavy (non-hydrogen) atoms. The number of carbonyl (C=O) groups excluding carboxylic acids is 3. The van der Waals surface area contributed by atoms with Crippen LogP contribution in [0.4, 0.5) is 9.18 Å². The van der Waals surface area contributed by atoms with E-state index >= 15 is 0 Å².